The molecule has 0 aromatic heterocycles. The summed E-state index contributed by atoms with van der Waals surface area (Å²) in [6.45, 7) is 4.42. The quantitative estimate of drug-likeness (QED) is 0.926. The Balaban J connectivity index is 2.09. The minimum atomic E-state index is -0.798. The standard InChI is InChI=1S/C17H23NO3/c1-3-13-6-4-5-7-14(13)10-16(19)18-11-15(17(20)21)9-8-12(18)2/h4-7,12,15H,3,8-11H2,1-2H3,(H,20,21). The van der Waals surface area contributed by atoms with Gasteiger partial charge in [-0.2, -0.15) is 0 Å². The average Bonchev–Trinajstić information content (AvgIpc) is 2.47. The Kier molecular flexibility index (Phi) is 4.99. The van der Waals surface area contributed by atoms with Gasteiger partial charge in [0.05, 0.1) is 12.3 Å². The Bertz CT molecular complexity index is 527. The minimum absolute atomic E-state index is 0.0364. The number of carbonyl (C=O) groups is 2. The summed E-state index contributed by atoms with van der Waals surface area (Å²) in [5.41, 5.74) is 2.24. The molecule has 0 saturated carbocycles. The SMILES string of the molecule is CCc1ccccc1CC(=O)N1CC(C(=O)O)CCC1C. The molecule has 0 bridgehead atoms. The third-order valence-electron chi connectivity index (χ3n) is 4.39. The minimum Gasteiger partial charge on any atom is -0.481 e. The number of aryl methyl sites for hydroxylation is 1. The Hall–Kier alpha value is -1.84. The molecule has 0 aliphatic carbocycles. The molecule has 2 atom stereocenters. The topological polar surface area (TPSA) is 57.6 Å². The summed E-state index contributed by atoms with van der Waals surface area (Å²) in [6.07, 6.45) is 2.68. The van der Waals surface area contributed by atoms with E-state index in [1.807, 2.05) is 31.2 Å². The fourth-order valence-electron chi connectivity index (χ4n) is 3.00. The molecular weight excluding hydrogens is 266 g/mol. The lowest BCUT2D eigenvalue weighted by Gasteiger charge is -2.36. The van der Waals surface area contributed by atoms with Crippen LogP contribution in [0.4, 0.5) is 0 Å². The van der Waals surface area contributed by atoms with Crippen LogP contribution in [0.3, 0.4) is 0 Å². The molecule has 4 heteroatoms. The highest BCUT2D eigenvalue weighted by atomic mass is 16.4. The van der Waals surface area contributed by atoms with Crippen LogP contribution in [0.15, 0.2) is 24.3 Å². The number of piperidine rings is 1. The highest BCUT2D eigenvalue weighted by molar-refractivity contribution is 5.80. The number of carboxylic acid groups (broad SMARTS) is 1. The summed E-state index contributed by atoms with van der Waals surface area (Å²) in [5.74, 6) is -1.19. The van der Waals surface area contributed by atoms with Crippen molar-refractivity contribution in [1.82, 2.24) is 4.90 Å². The van der Waals surface area contributed by atoms with E-state index in [0.29, 0.717) is 19.4 Å². The number of hydrogen-bond acceptors (Lipinski definition) is 2. The molecule has 4 nitrogen and oxygen atoms in total. The zero-order chi connectivity index (χ0) is 15.4. The number of amides is 1. The van der Waals surface area contributed by atoms with E-state index in [1.165, 1.54) is 5.56 Å². The zero-order valence-corrected chi connectivity index (χ0v) is 12.7. The van der Waals surface area contributed by atoms with Crippen molar-refractivity contribution in [1.29, 1.82) is 0 Å². The van der Waals surface area contributed by atoms with E-state index in [0.717, 1.165) is 18.4 Å². The summed E-state index contributed by atoms with van der Waals surface area (Å²) in [5, 5.41) is 9.16. The van der Waals surface area contributed by atoms with Crippen LogP contribution in [-0.4, -0.2) is 34.5 Å². The molecule has 1 aromatic rings. The first-order valence-corrected chi connectivity index (χ1v) is 7.62. The highest BCUT2D eigenvalue weighted by Crippen LogP contribution is 2.23. The van der Waals surface area contributed by atoms with Crippen molar-refractivity contribution in [2.45, 2.75) is 45.6 Å². The van der Waals surface area contributed by atoms with E-state index in [1.54, 1.807) is 4.90 Å². The summed E-state index contributed by atoms with van der Waals surface area (Å²) in [7, 11) is 0. The molecule has 0 radical (unpaired) electrons. The van der Waals surface area contributed by atoms with Crippen LogP contribution in [0, 0.1) is 5.92 Å². The molecule has 1 N–H and O–H groups in total. The summed E-state index contributed by atoms with van der Waals surface area (Å²) in [6, 6.07) is 8.09. The Morgan fingerprint density at radius 3 is 2.52 bits per heavy atom. The van der Waals surface area contributed by atoms with Crippen LogP contribution in [0.1, 0.15) is 37.8 Å². The summed E-state index contributed by atoms with van der Waals surface area (Å²) < 4.78 is 0. The monoisotopic (exact) mass is 289 g/mol. The zero-order valence-electron chi connectivity index (χ0n) is 12.7. The van der Waals surface area contributed by atoms with E-state index < -0.39 is 11.9 Å². The molecule has 1 heterocycles. The van der Waals surface area contributed by atoms with Gasteiger partial charge in [-0.05, 0) is 37.3 Å². The number of likely N-dealkylation sites (tertiary alicyclic amines) is 1. The molecular formula is C17H23NO3. The predicted octanol–water partition coefficient (Wildman–Crippen LogP) is 2.50. The van der Waals surface area contributed by atoms with Gasteiger partial charge in [-0.15, -0.1) is 0 Å². The van der Waals surface area contributed by atoms with Crippen LogP contribution < -0.4 is 0 Å². The smallest absolute Gasteiger partial charge is 0.308 e. The van der Waals surface area contributed by atoms with Crippen LogP contribution in [0.5, 0.6) is 0 Å². The van der Waals surface area contributed by atoms with E-state index in [9.17, 15) is 9.59 Å². The number of carbonyl (C=O) groups excluding carboxylic acids is 1. The van der Waals surface area contributed by atoms with Gasteiger partial charge in [0, 0.05) is 12.6 Å². The predicted molar refractivity (Wildman–Crippen MR) is 81.1 cm³/mol. The van der Waals surface area contributed by atoms with Crippen LogP contribution in [0.2, 0.25) is 0 Å². The van der Waals surface area contributed by atoms with Gasteiger partial charge in [0.15, 0.2) is 0 Å². The number of benzene rings is 1. The summed E-state index contributed by atoms with van der Waals surface area (Å²) >= 11 is 0. The highest BCUT2D eigenvalue weighted by Gasteiger charge is 2.32. The molecule has 2 unspecified atom stereocenters. The number of nitrogens with zero attached hydrogens (tertiary/aromatic N) is 1. The third kappa shape index (κ3) is 3.63. The number of carboxylic acids is 1. The van der Waals surface area contributed by atoms with Crippen molar-refractivity contribution in [3.8, 4) is 0 Å². The van der Waals surface area contributed by atoms with Gasteiger partial charge in [-0.1, -0.05) is 31.2 Å². The average molecular weight is 289 g/mol. The van der Waals surface area contributed by atoms with Crippen molar-refractivity contribution >= 4 is 11.9 Å². The lowest BCUT2D eigenvalue weighted by Crippen LogP contribution is -2.48. The van der Waals surface area contributed by atoms with Crippen molar-refractivity contribution in [2.75, 3.05) is 6.54 Å². The first kappa shape index (κ1) is 15.5. The van der Waals surface area contributed by atoms with Crippen LogP contribution in [0.25, 0.3) is 0 Å². The maximum atomic E-state index is 12.5. The van der Waals surface area contributed by atoms with Gasteiger partial charge in [-0.25, -0.2) is 0 Å². The van der Waals surface area contributed by atoms with E-state index in [2.05, 4.69) is 6.92 Å². The van der Waals surface area contributed by atoms with Gasteiger partial charge >= 0.3 is 5.97 Å². The van der Waals surface area contributed by atoms with E-state index in [4.69, 9.17) is 5.11 Å². The fraction of sp³-hybridized carbons (Fsp3) is 0.529. The van der Waals surface area contributed by atoms with Gasteiger partial charge in [0.2, 0.25) is 5.91 Å². The molecule has 1 aromatic carbocycles. The first-order chi connectivity index (χ1) is 10.0. The Morgan fingerprint density at radius 1 is 1.24 bits per heavy atom. The largest absolute Gasteiger partial charge is 0.481 e. The number of aliphatic carboxylic acids is 1. The first-order valence-electron chi connectivity index (χ1n) is 7.62. The van der Waals surface area contributed by atoms with Gasteiger partial charge < -0.3 is 10.0 Å². The lowest BCUT2D eigenvalue weighted by molar-refractivity contribution is -0.147. The van der Waals surface area contributed by atoms with Crippen LogP contribution >= 0.6 is 0 Å². The van der Waals surface area contributed by atoms with Crippen molar-refractivity contribution < 1.29 is 14.7 Å². The molecule has 21 heavy (non-hydrogen) atoms. The normalized spacial score (nSPS) is 22.1. The lowest BCUT2D eigenvalue weighted by atomic mass is 9.92. The fourth-order valence-corrected chi connectivity index (χ4v) is 3.00. The maximum absolute atomic E-state index is 12.5. The van der Waals surface area contributed by atoms with Crippen molar-refractivity contribution in [3.05, 3.63) is 35.4 Å². The van der Waals surface area contributed by atoms with Gasteiger partial charge in [0.1, 0.15) is 0 Å². The van der Waals surface area contributed by atoms with E-state index in [-0.39, 0.29) is 11.9 Å². The number of rotatable bonds is 4. The van der Waals surface area contributed by atoms with Gasteiger partial charge in [-0.3, -0.25) is 9.59 Å². The second kappa shape index (κ2) is 6.74. The molecule has 114 valence electrons. The molecule has 1 aliphatic heterocycles. The molecule has 1 aliphatic rings. The number of hydrogen-bond donors (Lipinski definition) is 1. The molecule has 1 amide bonds. The Morgan fingerprint density at radius 2 is 1.90 bits per heavy atom. The van der Waals surface area contributed by atoms with Crippen molar-refractivity contribution in [3.63, 3.8) is 0 Å². The molecule has 2 rings (SSSR count). The molecule has 1 saturated heterocycles. The maximum Gasteiger partial charge on any atom is 0.308 e. The van der Waals surface area contributed by atoms with E-state index >= 15 is 0 Å². The summed E-state index contributed by atoms with van der Waals surface area (Å²) in [4.78, 5) is 25.4. The van der Waals surface area contributed by atoms with Gasteiger partial charge in [0.25, 0.3) is 0 Å². The van der Waals surface area contributed by atoms with Crippen LogP contribution in [-0.2, 0) is 22.4 Å². The Labute approximate surface area is 125 Å². The molecule has 0 spiro atoms. The molecule has 1 fully saturated rings. The second-order valence-corrected chi connectivity index (χ2v) is 5.81. The second-order valence-electron chi connectivity index (χ2n) is 5.81. The third-order valence-corrected chi connectivity index (χ3v) is 4.39. The van der Waals surface area contributed by atoms with Crippen molar-refractivity contribution in [2.24, 2.45) is 5.92 Å².